The van der Waals surface area contributed by atoms with Crippen LogP contribution in [0.1, 0.15) is 25.0 Å². The van der Waals surface area contributed by atoms with Gasteiger partial charge in [-0.25, -0.2) is 0 Å². The van der Waals surface area contributed by atoms with Gasteiger partial charge in [-0.2, -0.15) is 0 Å². The molecule has 0 saturated heterocycles. The molecule has 1 aliphatic carbocycles. The Morgan fingerprint density at radius 1 is 0.396 bits per heavy atom. The molecular formula is C51H38N2. The Balaban J connectivity index is 1.20. The largest absolute Gasteiger partial charge is 0.310 e. The average Bonchev–Trinajstić information content (AvgIpc) is 3.67. The fraction of sp³-hybridized carbons (Fsp3) is 0.0588. The summed E-state index contributed by atoms with van der Waals surface area (Å²) in [6.45, 7) is 4.72. The van der Waals surface area contributed by atoms with Crippen LogP contribution in [0.4, 0.5) is 17.1 Å². The van der Waals surface area contributed by atoms with Crippen LogP contribution < -0.4 is 4.90 Å². The van der Waals surface area contributed by atoms with Gasteiger partial charge in [0.15, 0.2) is 0 Å². The molecule has 0 fully saturated rings. The van der Waals surface area contributed by atoms with Gasteiger partial charge in [0.05, 0.1) is 16.7 Å². The van der Waals surface area contributed by atoms with Crippen molar-refractivity contribution in [1.29, 1.82) is 0 Å². The minimum absolute atomic E-state index is 0.116. The second-order valence-corrected chi connectivity index (χ2v) is 14.6. The van der Waals surface area contributed by atoms with E-state index in [0.717, 1.165) is 22.7 Å². The van der Waals surface area contributed by atoms with Crippen molar-refractivity contribution < 1.29 is 0 Å². The Morgan fingerprint density at radius 3 is 1.75 bits per heavy atom. The van der Waals surface area contributed by atoms with E-state index in [-0.39, 0.29) is 5.41 Å². The minimum atomic E-state index is -0.116. The van der Waals surface area contributed by atoms with Gasteiger partial charge in [-0.3, -0.25) is 0 Å². The van der Waals surface area contributed by atoms with Crippen LogP contribution in [0.5, 0.6) is 0 Å². The molecule has 0 spiro atoms. The third-order valence-electron chi connectivity index (χ3n) is 11.2. The monoisotopic (exact) mass is 678 g/mol. The van der Waals surface area contributed by atoms with E-state index in [1.165, 1.54) is 66.3 Å². The summed E-state index contributed by atoms with van der Waals surface area (Å²) in [6, 6.07) is 70.9. The number of anilines is 3. The fourth-order valence-corrected chi connectivity index (χ4v) is 8.60. The smallest absolute Gasteiger partial charge is 0.0561 e. The van der Waals surface area contributed by atoms with Gasteiger partial charge < -0.3 is 9.47 Å². The molecule has 0 amide bonds. The molecule has 1 heterocycles. The highest BCUT2D eigenvalue weighted by molar-refractivity contribution is 6.10. The van der Waals surface area contributed by atoms with Crippen molar-refractivity contribution in [1.82, 2.24) is 4.57 Å². The lowest BCUT2D eigenvalue weighted by Crippen LogP contribution is -2.17. The third kappa shape index (κ3) is 5.02. The quantitative estimate of drug-likeness (QED) is 0.170. The van der Waals surface area contributed by atoms with Crippen molar-refractivity contribution in [2.75, 3.05) is 4.90 Å². The lowest BCUT2D eigenvalue weighted by Gasteiger charge is -2.30. The Bertz CT molecular complexity index is 2790. The molecule has 2 nitrogen and oxygen atoms in total. The first-order valence-corrected chi connectivity index (χ1v) is 18.4. The lowest BCUT2D eigenvalue weighted by molar-refractivity contribution is 0.660. The molecule has 2 heteroatoms. The number of hydrogen-bond donors (Lipinski definition) is 0. The van der Waals surface area contributed by atoms with E-state index in [4.69, 9.17) is 0 Å². The molecule has 1 aromatic heterocycles. The summed E-state index contributed by atoms with van der Waals surface area (Å²) in [6.07, 6.45) is 0. The van der Waals surface area contributed by atoms with Gasteiger partial charge >= 0.3 is 0 Å². The van der Waals surface area contributed by atoms with E-state index in [1.807, 2.05) is 0 Å². The van der Waals surface area contributed by atoms with E-state index in [2.05, 4.69) is 217 Å². The fourth-order valence-electron chi connectivity index (χ4n) is 8.60. The number of aromatic nitrogens is 1. The molecule has 0 unspecified atom stereocenters. The van der Waals surface area contributed by atoms with Crippen LogP contribution in [-0.4, -0.2) is 4.57 Å². The van der Waals surface area contributed by atoms with Gasteiger partial charge in [-0.1, -0.05) is 159 Å². The molecule has 8 aromatic carbocycles. The minimum Gasteiger partial charge on any atom is -0.310 e. The molecule has 0 aliphatic heterocycles. The summed E-state index contributed by atoms with van der Waals surface area (Å²) in [5, 5.41) is 2.48. The van der Waals surface area contributed by atoms with E-state index < -0.39 is 0 Å². The molecule has 0 N–H and O–H groups in total. The van der Waals surface area contributed by atoms with Crippen molar-refractivity contribution in [3.05, 3.63) is 205 Å². The van der Waals surface area contributed by atoms with Crippen LogP contribution >= 0.6 is 0 Å². The van der Waals surface area contributed by atoms with Crippen LogP contribution in [0.15, 0.2) is 194 Å². The maximum Gasteiger partial charge on any atom is 0.0561 e. The van der Waals surface area contributed by atoms with Crippen molar-refractivity contribution in [3.63, 3.8) is 0 Å². The normalized spacial score (nSPS) is 12.9. The molecule has 9 aromatic rings. The Hall–Kier alpha value is -6.64. The number of nitrogens with zero attached hydrogens (tertiary/aromatic N) is 2. The molecule has 252 valence electrons. The summed E-state index contributed by atoms with van der Waals surface area (Å²) >= 11 is 0. The maximum absolute atomic E-state index is 2.46. The molecule has 1 aliphatic rings. The van der Waals surface area contributed by atoms with E-state index >= 15 is 0 Å². The van der Waals surface area contributed by atoms with Crippen LogP contribution in [0, 0.1) is 0 Å². The first kappa shape index (κ1) is 31.1. The summed E-state index contributed by atoms with van der Waals surface area (Å²) in [5.41, 5.74) is 17.0. The zero-order valence-electron chi connectivity index (χ0n) is 29.9. The van der Waals surface area contributed by atoms with Gasteiger partial charge in [0.1, 0.15) is 0 Å². The van der Waals surface area contributed by atoms with Gasteiger partial charge in [0.25, 0.3) is 0 Å². The number of fused-ring (bicyclic) bond motifs is 6. The van der Waals surface area contributed by atoms with Crippen molar-refractivity contribution >= 4 is 38.9 Å². The molecule has 0 radical (unpaired) electrons. The SMILES string of the molecule is CC1(C)c2ccccc2-c2ccc(N(c3ccc4c5ccccc5n(-c5ccc(-c6ccccc6)cc5)c4c3)c3ccccc3-c3ccccc3)cc21. The third-order valence-corrected chi connectivity index (χ3v) is 11.2. The summed E-state index contributed by atoms with van der Waals surface area (Å²) in [4.78, 5) is 2.46. The predicted octanol–water partition coefficient (Wildman–Crippen LogP) is 13.9. The van der Waals surface area contributed by atoms with Crippen molar-refractivity contribution in [2.24, 2.45) is 0 Å². The number of rotatable bonds is 6. The van der Waals surface area contributed by atoms with Crippen LogP contribution in [0.2, 0.25) is 0 Å². The maximum atomic E-state index is 2.46. The molecule has 0 bridgehead atoms. The molecule has 53 heavy (non-hydrogen) atoms. The molecular weight excluding hydrogens is 641 g/mol. The zero-order chi connectivity index (χ0) is 35.5. The summed E-state index contributed by atoms with van der Waals surface area (Å²) < 4.78 is 2.42. The van der Waals surface area contributed by atoms with Crippen molar-refractivity contribution in [3.8, 4) is 39.1 Å². The van der Waals surface area contributed by atoms with Crippen LogP contribution in [0.3, 0.4) is 0 Å². The molecule has 10 rings (SSSR count). The predicted molar refractivity (Wildman–Crippen MR) is 224 cm³/mol. The standard InChI is InChI=1S/C51H38N2/c1-51(2)46-22-12-9-20-42(46)43-31-29-39(33-47(43)51)52(48-23-13-10-19-41(48)37-17-7-4-8-18-37)40-30-32-45-44-21-11-14-24-49(44)53(50(45)34-40)38-27-25-36(26-28-38)35-15-5-3-6-16-35/h3-34H,1-2H3. The molecule has 0 atom stereocenters. The van der Waals surface area contributed by atoms with Crippen LogP contribution in [-0.2, 0) is 5.41 Å². The van der Waals surface area contributed by atoms with E-state index in [1.54, 1.807) is 0 Å². The number of hydrogen-bond acceptors (Lipinski definition) is 1. The first-order chi connectivity index (χ1) is 26.1. The van der Waals surface area contributed by atoms with Gasteiger partial charge in [0, 0.05) is 38.8 Å². The first-order valence-electron chi connectivity index (χ1n) is 18.4. The summed E-state index contributed by atoms with van der Waals surface area (Å²) in [5.74, 6) is 0. The second-order valence-electron chi connectivity index (χ2n) is 14.6. The Kier molecular flexibility index (Phi) is 7.19. The lowest BCUT2D eigenvalue weighted by atomic mass is 9.82. The zero-order valence-corrected chi connectivity index (χ0v) is 29.9. The number of para-hydroxylation sites is 2. The Morgan fingerprint density at radius 2 is 0.962 bits per heavy atom. The van der Waals surface area contributed by atoms with E-state index in [9.17, 15) is 0 Å². The second kappa shape index (κ2) is 12.3. The average molecular weight is 679 g/mol. The van der Waals surface area contributed by atoms with Gasteiger partial charge in [0.2, 0.25) is 0 Å². The van der Waals surface area contributed by atoms with Crippen LogP contribution in [0.25, 0.3) is 60.9 Å². The highest BCUT2D eigenvalue weighted by atomic mass is 15.1. The van der Waals surface area contributed by atoms with Gasteiger partial charge in [-0.05, 0) is 87.5 Å². The highest BCUT2D eigenvalue weighted by Crippen LogP contribution is 2.51. The highest BCUT2D eigenvalue weighted by Gasteiger charge is 2.36. The summed E-state index contributed by atoms with van der Waals surface area (Å²) in [7, 11) is 0. The molecule has 0 saturated carbocycles. The topological polar surface area (TPSA) is 8.17 Å². The van der Waals surface area contributed by atoms with E-state index in [0.29, 0.717) is 0 Å². The van der Waals surface area contributed by atoms with Gasteiger partial charge in [-0.15, -0.1) is 0 Å². The number of benzene rings is 8. The van der Waals surface area contributed by atoms with Crippen molar-refractivity contribution in [2.45, 2.75) is 19.3 Å². The Labute approximate surface area is 310 Å².